The van der Waals surface area contributed by atoms with Crippen molar-refractivity contribution in [3.8, 4) is 0 Å². The van der Waals surface area contributed by atoms with Crippen molar-refractivity contribution in [1.82, 2.24) is 4.90 Å². The van der Waals surface area contributed by atoms with E-state index in [1.165, 1.54) is 4.90 Å². The molecule has 1 aliphatic heterocycles. The highest BCUT2D eigenvalue weighted by molar-refractivity contribution is 6.05. The molecule has 2 atom stereocenters. The van der Waals surface area contributed by atoms with E-state index >= 15 is 0 Å². The zero-order chi connectivity index (χ0) is 12.0. The number of carbonyl (C=O) groups is 2. The molecule has 1 heterocycles. The topological polar surface area (TPSA) is 63.4 Å². The summed E-state index contributed by atoms with van der Waals surface area (Å²) in [6, 6.07) is 0. The van der Waals surface area contributed by atoms with Crippen LogP contribution in [0.4, 0.5) is 0 Å². The van der Waals surface area contributed by atoms with E-state index in [2.05, 4.69) is 0 Å². The van der Waals surface area contributed by atoms with Crippen molar-refractivity contribution in [2.24, 2.45) is 17.6 Å². The molecule has 0 aromatic heterocycles. The van der Waals surface area contributed by atoms with Gasteiger partial charge in [0.05, 0.1) is 11.8 Å². The monoisotopic (exact) mass is 234 g/mol. The molecule has 2 fully saturated rings. The molecule has 17 heavy (non-hydrogen) atoms. The van der Waals surface area contributed by atoms with E-state index in [4.69, 9.17) is 5.73 Å². The van der Waals surface area contributed by atoms with E-state index < -0.39 is 0 Å². The molecule has 0 bridgehead atoms. The molecule has 0 aromatic rings. The van der Waals surface area contributed by atoms with Crippen LogP contribution < -0.4 is 5.73 Å². The van der Waals surface area contributed by atoms with Gasteiger partial charge in [-0.25, -0.2) is 0 Å². The molecule has 2 amide bonds. The van der Waals surface area contributed by atoms with Crippen LogP contribution in [0.25, 0.3) is 0 Å². The smallest absolute Gasteiger partial charge is 0.233 e. The van der Waals surface area contributed by atoms with Crippen LogP contribution in [-0.2, 0) is 9.59 Å². The standard InChI is InChI=1S/C13H18N2O2/c14-13(6-3-7-13)8-15-11(16)9-4-1-2-5-10(9)12(15)17/h1-2,9-10H,3-8,14H2. The van der Waals surface area contributed by atoms with Gasteiger partial charge in [-0.05, 0) is 32.1 Å². The summed E-state index contributed by atoms with van der Waals surface area (Å²) in [7, 11) is 0. The van der Waals surface area contributed by atoms with Crippen LogP contribution >= 0.6 is 0 Å². The predicted octanol–water partition coefficient (Wildman–Crippen LogP) is 0.819. The molecule has 4 nitrogen and oxygen atoms in total. The van der Waals surface area contributed by atoms with Gasteiger partial charge in [0.15, 0.2) is 0 Å². The van der Waals surface area contributed by atoms with Gasteiger partial charge in [0.2, 0.25) is 11.8 Å². The molecule has 1 saturated heterocycles. The Balaban J connectivity index is 1.78. The van der Waals surface area contributed by atoms with E-state index in [-0.39, 0.29) is 29.2 Å². The van der Waals surface area contributed by atoms with Gasteiger partial charge in [-0.15, -0.1) is 0 Å². The maximum absolute atomic E-state index is 12.2. The summed E-state index contributed by atoms with van der Waals surface area (Å²) in [6.07, 6.45) is 8.41. The fourth-order valence-electron chi connectivity index (χ4n) is 3.13. The van der Waals surface area contributed by atoms with Crippen molar-refractivity contribution >= 4 is 11.8 Å². The van der Waals surface area contributed by atoms with Crippen molar-refractivity contribution in [1.29, 1.82) is 0 Å². The van der Waals surface area contributed by atoms with Gasteiger partial charge < -0.3 is 5.73 Å². The normalized spacial score (nSPS) is 34.8. The van der Waals surface area contributed by atoms with Crippen LogP contribution in [0, 0.1) is 11.8 Å². The Kier molecular flexibility index (Phi) is 2.36. The van der Waals surface area contributed by atoms with E-state index in [0.717, 1.165) is 19.3 Å². The summed E-state index contributed by atoms with van der Waals surface area (Å²) >= 11 is 0. The second-order valence-electron chi connectivity index (χ2n) is 5.63. The van der Waals surface area contributed by atoms with Crippen LogP contribution in [0.1, 0.15) is 32.1 Å². The molecular formula is C13H18N2O2. The third kappa shape index (κ3) is 1.62. The van der Waals surface area contributed by atoms with Gasteiger partial charge >= 0.3 is 0 Å². The van der Waals surface area contributed by atoms with Crippen molar-refractivity contribution in [2.45, 2.75) is 37.6 Å². The van der Waals surface area contributed by atoms with Gasteiger partial charge in [0.1, 0.15) is 0 Å². The molecular weight excluding hydrogens is 216 g/mol. The van der Waals surface area contributed by atoms with Gasteiger partial charge in [0, 0.05) is 12.1 Å². The summed E-state index contributed by atoms with van der Waals surface area (Å²) in [4.78, 5) is 25.8. The second-order valence-corrected chi connectivity index (χ2v) is 5.63. The lowest BCUT2D eigenvalue weighted by Crippen LogP contribution is -2.56. The summed E-state index contributed by atoms with van der Waals surface area (Å²) < 4.78 is 0. The van der Waals surface area contributed by atoms with Crippen LogP contribution in [0.2, 0.25) is 0 Å². The Labute approximate surface area is 101 Å². The van der Waals surface area contributed by atoms with Gasteiger partial charge in [-0.1, -0.05) is 12.2 Å². The quantitative estimate of drug-likeness (QED) is 0.568. The average molecular weight is 234 g/mol. The lowest BCUT2D eigenvalue weighted by atomic mass is 9.77. The molecule has 2 aliphatic carbocycles. The number of imide groups is 1. The summed E-state index contributed by atoms with van der Waals surface area (Å²) in [5, 5.41) is 0. The molecule has 3 rings (SSSR count). The van der Waals surface area contributed by atoms with Crippen molar-refractivity contribution in [3.05, 3.63) is 12.2 Å². The molecule has 4 heteroatoms. The minimum atomic E-state index is -0.299. The maximum atomic E-state index is 12.2. The SMILES string of the molecule is NC1(CN2C(=O)C3CC=CCC3C2=O)CCC1. The second kappa shape index (κ2) is 3.67. The number of nitrogens with two attached hydrogens (primary N) is 1. The van der Waals surface area contributed by atoms with Gasteiger partial charge in [-0.3, -0.25) is 14.5 Å². The lowest BCUT2D eigenvalue weighted by Gasteiger charge is -2.40. The molecule has 2 unspecified atom stereocenters. The zero-order valence-corrected chi connectivity index (χ0v) is 9.89. The number of fused-ring (bicyclic) bond motifs is 1. The number of hydrogen-bond donors (Lipinski definition) is 1. The summed E-state index contributed by atoms with van der Waals surface area (Å²) in [5.74, 6) is -0.227. The zero-order valence-electron chi connectivity index (χ0n) is 9.89. The van der Waals surface area contributed by atoms with Crippen LogP contribution in [0.3, 0.4) is 0 Å². The number of carbonyl (C=O) groups excluding carboxylic acids is 2. The van der Waals surface area contributed by atoms with E-state index in [1.54, 1.807) is 0 Å². The van der Waals surface area contributed by atoms with Gasteiger partial charge in [0.25, 0.3) is 0 Å². The Morgan fingerprint density at radius 3 is 2.12 bits per heavy atom. The van der Waals surface area contributed by atoms with Crippen molar-refractivity contribution in [3.63, 3.8) is 0 Å². The highest BCUT2D eigenvalue weighted by Gasteiger charge is 2.49. The number of allylic oxidation sites excluding steroid dienone is 2. The molecule has 2 N–H and O–H groups in total. The Bertz CT molecular complexity index is 372. The van der Waals surface area contributed by atoms with E-state index in [9.17, 15) is 9.59 Å². The van der Waals surface area contributed by atoms with Crippen LogP contribution in [0.15, 0.2) is 12.2 Å². The number of nitrogens with zero attached hydrogens (tertiary/aromatic N) is 1. The Hall–Kier alpha value is -1.16. The first kappa shape index (κ1) is 11.0. The largest absolute Gasteiger partial charge is 0.324 e. The third-order valence-corrected chi connectivity index (χ3v) is 4.42. The fraction of sp³-hybridized carbons (Fsp3) is 0.692. The van der Waals surface area contributed by atoms with Gasteiger partial charge in [-0.2, -0.15) is 0 Å². The minimum Gasteiger partial charge on any atom is -0.324 e. The Morgan fingerprint density at radius 1 is 1.18 bits per heavy atom. The molecule has 92 valence electrons. The van der Waals surface area contributed by atoms with Crippen molar-refractivity contribution in [2.75, 3.05) is 6.54 Å². The summed E-state index contributed by atoms with van der Waals surface area (Å²) in [6.45, 7) is 0.428. The predicted molar refractivity (Wildman–Crippen MR) is 62.8 cm³/mol. The lowest BCUT2D eigenvalue weighted by molar-refractivity contribution is -0.141. The third-order valence-electron chi connectivity index (χ3n) is 4.42. The average Bonchev–Trinajstić information content (AvgIpc) is 2.53. The molecule has 3 aliphatic rings. The van der Waals surface area contributed by atoms with Crippen LogP contribution in [-0.4, -0.2) is 28.8 Å². The highest BCUT2D eigenvalue weighted by Crippen LogP contribution is 2.38. The van der Waals surface area contributed by atoms with E-state index in [1.807, 2.05) is 12.2 Å². The summed E-state index contributed by atoms with van der Waals surface area (Å²) in [5.41, 5.74) is 5.84. The maximum Gasteiger partial charge on any atom is 0.233 e. The first-order chi connectivity index (χ1) is 8.11. The molecule has 0 aromatic carbocycles. The number of amides is 2. The fourth-order valence-corrected chi connectivity index (χ4v) is 3.13. The molecule has 0 radical (unpaired) electrons. The number of rotatable bonds is 2. The Morgan fingerprint density at radius 2 is 1.71 bits per heavy atom. The number of likely N-dealkylation sites (tertiary alicyclic amines) is 1. The minimum absolute atomic E-state index is 0.000995. The first-order valence-corrected chi connectivity index (χ1v) is 6.40. The molecule has 0 spiro atoms. The van der Waals surface area contributed by atoms with E-state index in [0.29, 0.717) is 19.4 Å². The molecule has 1 saturated carbocycles. The number of hydrogen-bond acceptors (Lipinski definition) is 3. The van der Waals surface area contributed by atoms with Crippen molar-refractivity contribution < 1.29 is 9.59 Å². The first-order valence-electron chi connectivity index (χ1n) is 6.40. The highest BCUT2D eigenvalue weighted by atomic mass is 16.2. The van der Waals surface area contributed by atoms with Crippen LogP contribution in [0.5, 0.6) is 0 Å².